The fourth-order valence-corrected chi connectivity index (χ4v) is 4.85. The first-order chi connectivity index (χ1) is 16.5. The SMILES string of the molecule is N#Cc1ccc(NC(=O)Nc2ccc(Cl)c(S(=O)(=O)C(F)(F)P)c2)cc1OCCN1CCOCC1. The highest BCUT2D eigenvalue weighted by Gasteiger charge is 2.42. The second kappa shape index (κ2) is 11.5. The first kappa shape index (κ1) is 27.0. The van der Waals surface area contributed by atoms with E-state index in [0.717, 1.165) is 34.5 Å². The highest BCUT2D eigenvalue weighted by molar-refractivity contribution is 7.96. The number of hydrogen-bond acceptors (Lipinski definition) is 7. The molecule has 188 valence electrons. The van der Waals surface area contributed by atoms with Gasteiger partial charge in [0.25, 0.3) is 0 Å². The number of hydrogen-bond donors (Lipinski definition) is 2. The van der Waals surface area contributed by atoms with E-state index in [4.69, 9.17) is 21.1 Å². The van der Waals surface area contributed by atoms with E-state index in [1.165, 1.54) is 24.3 Å². The van der Waals surface area contributed by atoms with Crippen LogP contribution in [0, 0.1) is 11.3 Å². The fraction of sp³-hybridized carbons (Fsp3) is 0.333. The molecule has 35 heavy (non-hydrogen) atoms. The predicted molar refractivity (Wildman–Crippen MR) is 130 cm³/mol. The van der Waals surface area contributed by atoms with Crippen molar-refractivity contribution in [2.45, 2.75) is 9.89 Å². The lowest BCUT2D eigenvalue weighted by molar-refractivity contribution is 0.0322. The Labute approximate surface area is 208 Å². The summed E-state index contributed by atoms with van der Waals surface area (Å²) in [6.07, 6.45) is 0. The van der Waals surface area contributed by atoms with Gasteiger partial charge in [-0.2, -0.15) is 14.0 Å². The molecule has 0 aliphatic carbocycles. The number of ether oxygens (including phenoxy) is 2. The Balaban J connectivity index is 1.67. The monoisotopic (exact) mass is 546 g/mol. The van der Waals surface area contributed by atoms with Gasteiger partial charge in [0.15, 0.2) is 0 Å². The Kier molecular flexibility index (Phi) is 8.85. The van der Waals surface area contributed by atoms with Crippen LogP contribution in [0.15, 0.2) is 41.3 Å². The van der Waals surface area contributed by atoms with Crippen molar-refractivity contribution < 1.29 is 31.5 Å². The molecule has 0 spiro atoms. The van der Waals surface area contributed by atoms with Crippen molar-refractivity contribution in [2.24, 2.45) is 0 Å². The van der Waals surface area contributed by atoms with Gasteiger partial charge in [-0.1, -0.05) is 11.6 Å². The number of nitrogens with one attached hydrogen (secondary N) is 2. The van der Waals surface area contributed by atoms with Crippen LogP contribution in [0.4, 0.5) is 25.0 Å². The van der Waals surface area contributed by atoms with E-state index in [2.05, 4.69) is 15.5 Å². The molecule has 3 rings (SSSR count). The molecule has 14 heteroatoms. The van der Waals surface area contributed by atoms with Crippen molar-refractivity contribution in [1.29, 1.82) is 5.26 Å². The average molecular weight is 547 g/mol. The van der Waals surface area contributed by atoms with Gasteiger partial charge in [-0.05, 0) is 39.6 Å². The molecule has 1 unspecified atom stereocenters. The summed E-state index contributed by atoms with van der Waals surface area (Å²) in [5.41, 5.74) is 0.500. The van der Waals surface area contributed by atoms with Gasteiger partial charge >= 0.3 is 11.0 Å². The quantitative estimate of drug-likeness (QED) is 0.484. The second-order valence-electron chi connectivity index (χ2n) is 7.41. The van der Waals surface area contributed by atoms with Crippen molar-refractivity contribution in [1.82, 2.24) is 4.90 Å². The van der Waals surface area contributed by atoms with Crippen molar-refractivity contribution in [3.8, 4) is 11.8 Å². The average Bonchev–Trinajstić information content (AvgIpc) is 2.80. The summed E-state index contributed by atoms with van der Waals surface area (Å²) in [5.74, 6) is 0.279. The van der Waals surface area contributed by atoms with Crippen LogP contribution in [0.2, 0.25) is 5.02 Å². The molecule has 0 saturated carbocycles. The summed E-state index contributed by atoms with van der Waals surface area (Å²) >= 11 is 5.79. The summed E-state index contributed by atoms with van der Waals surface area (Å²) in [6, 6.07) is 8.88. The number of amides is 2. The topological polar surface area (TPSA) is 121 Å². The third kappa shape index (κ3) is 6.99. The maximum absolute atomic E-state index is 13.5. The molecule has 0 aromatic heterocycles. The molecule has 1 heterocycles. The number of nitrogens with zero attached hydrogens (tertiary/aromatic N) is 2. The minimum atomic E-state index is -5.09. The number of alkyl halides is 2. The highest BCUT2D eigenvalue weighted by atomic mass is 35.5. The van der Waals surface area contributed by atoms with Crippen molar-refractivity contribution in [2.75, 3.05) is 50.1 Å². The van der Waals surface area contributed by atoms with Crippen LogP contribution in [0.1, 0.15) is 5.56 Å². The Morgan fingerprint density at radius 2 is 1.83 bits per heavy atom. The van der Waals surface area contributed by atoms with Gasteiger partial charge in [-0.25, -0.2) is 13.2 Å². The molecule has 2 aromatic rings. The van der Waals surface area contributed by atoms with Gasteiger partial charge in [0.1, 0.15) is 18.4 Å². The van der Waals surface area contributed by atoms with Gasteiger partial charge in [-0.15, -0.1) is 0 Å². The molecule has 1 aliphatic heterocycles. The zero-order chi connectivity index (χ0) is 25.6. The van der Waals surface area contributed by atoms with E-state index in [9.17, 15) is 27.3 Å². The number of sulfone groups is 1. The number of halogens is 3. The summed E-state index contributed by atoms with van der Waals surface area (Å²) in [5, 5.41) is 13.8. The minimum Gasteiger partial charge on any atom is -0.491 e. The third-order valence-corrected chi connectivity index (χ3v) is 7.97. The first-order valence-electron chi connectivity index (χ1n) is 10.3. The van der Waals surface area contributed by atoms with Crippen LogP contribution in [0.25, 0.3) is 0 Å². The normalized spacial score (nSPS) is 14.7. The standard InChI is InChI=1S/C21H22ClF2N4O5PS/c22-17-4-3-16(12-19(17)35(30,31)21(23,24)34)27-20(29)26-15-2-1-14(13-25)18(11-15)33-10-7-28-5-8-32-9-6-28/h1-4,11-12H,5-10,34H2,(H2,26,27,29). The zero-order valence-electron chi connectivity index (χ0n) is 18.3. The highest BCUT2D eigenvalue weighted by Crippen LogP contribution is 2.38. The predicted octanol–water partition coefficient (Wildman–Crippen LogP) is 3.77. The summed E-state index contributed by atoms with van der Waals surface area (Å²) in [6.45, 7) is 3.85. The van der Waals surface area contributed by atoms with Crippen LogP contribution >= 0.6 is 20.8 Å². The molecule has 2 N–H and O–H groups in total. The Bertz CT molecular complexity index is 1230. The van der Waals surface area contributed by atoms with Crippen molar-refractivity contribution in [3.05, 3.63) is 47.0 Å². The number of carbonyl (C=O) groups excluding carboxylic acids is 1. The smallest absolute Gasteiger partial charge is 0.359 e. The zero-order valence-corrected chi connectivity index (χ0v) is 21.0. The minimum absolute atomic E-state index is 0.0737. The number of morpholine rings is 1. The van der Waals surface area contributed by atoms with E-state index in [1.54, 1.807) is 0 Å². The summed E-state index contributed by atoms with van der Waals surface area (Å²) in [7, 11) is -4.14. The molecule has 0 radical (unpaired) electrons. The fourth-order valence-electron chi connectivity index (χ4n) is 3.15. The number of anilines is 2. The van der Waals surface area contributed by atoms with E-state index < -0.39 is 30.8 Å². The number of rotatable bonds is 8. The van der Waals surface area contributed by atoms with E-state index >= 15 is 0 Å². The van der Waals surface area contributed by atoms with E-state index in [-0.39, 0.29) is 17.0 Å². The summed E-state index contributed by atoms with van der Waals surface area (Å²) < 4.78 is 62.2. The molecule has 1 fully saturated rings. The number of urea groups is 1. The van der Waals surface area contributed by atoms with Gasteiger partial charge in [0.05, 0.1) is 28.7 Å². The van der Waals surface area contributed by atoms with E-state index in [1.807, 2.05) is 6.07 Å². The molecule has 0 bridgehead atoms. The molecule has 2 amide bonds. The number of nitriles is 1. The lowest BCUT2D eigenvalue weighted by Crippen LogP contribution is -2.38. The Morgan fingerprint density at radius 1 is 1.20 bits per heavy atom. The van der Waals surface area contributed by atoms with Crippen molar-refractivity contribution in [3.63, 3.8) is 0 Å². The van der Waals surface area contributed by atoms with Crippen LogP contribution in [0.5, 0.6) is 5.75 Å². The van der Waals surface area contributed by atoms with Crippen LogP contribution in [0.3, 0.4) is 0 Å². The maximum Gasteiger partial charge on any atom is 0.359 e. The first-order valence-corrected chi connectivity index (χ1v) is 12.7. The van der Waals surface area contributed by atoms with Crippen LogP contribution in [-0.4, -0.2) is 63.8 Å². The third-order valence-electron chi connectivity index (χ3n) is 4.97. The molecule has 1 aliphatic rings. The number of benzene rings is 2. The number of carbonyl (C=O) groups is 1. The van der Waals surface area contributed by atoms with Crippen LogP contribution in [-0.2, 0) is 14.6 Å². The molecule has 1 atom stereocenters. The van der Waals surface area contributed by atoms with Gasteiger partial charge in [0.2, 0.25) is 9.84 Å². The summed E-state index contributed by atoms with van der Waals surface area (Å²) in [4.78, 5) is 9.63. The lowest BCUT2D eigenvalue weighted by Gasteiger charge is -2.26. The lowest BCUT2D eigenvalue weighted by atomic mass is 10.2. The largest absolute Gasteiger partial charge is 0.491 e. The maximum atomic E-state index is 13.5. The van der Waals surface area contributed by atoms with Crippen LogP contribution < -0.4 is 15.4 Å². The van der Waals surface area contributed by atoms with E-state index in [0.29, 0.717) is 32.1 Å². The molecular formula is C21H22ClF2N4O5PS. The Hall–Kier alpha value is -2.55. The molecule has 2 aromatic carbocycles. The molecule has 1 saturated heterocycles. The molecular weight excluding hydrogens is 525 g/mol. The molecule has 9 nitrogen and oxygen atoms in total. The van der Waals surface area contributed by atoms with Gasteiger partial charge < -0.3 is 20.1 Å². The van der Waals surface area contributed by atoms with Gasteiger partial charge in [0, 0.05) is 37.1 Å². The Morgan fingerprint density at radius 3 is 2.46 bits per heavy atom. The second-order valence-corrected chi connectivity index (χ2v) is 11.0. The van der Waals surface area contributed by atoms with Crippen molar-refractivity contribution >= 4 is 48.1 Å². The van der Waals surface area contributed by atoms with Gasteiger partial charge in [-0.3, -0.25) is 4.90 Å².